The number of carbonyl (C=O) groups is 1. The first kappa shape index (κ1) is 21.2. The molecule has 5 heterocycles. The van der Waals surface area contributed by atoms with Gasteiger partial charge in [0.25, 0.3) is 0 Å². The maximum Gasteiger partial charge on any atom is 0.233 e. The first-order valence-electron chi connectivity index (χ1n) is 10.8. The topological polar surface area (TPSA) is 60.2 Å². The Morgan fingerprint density at radius 2 is 2.23 bits per heavy atom. The number of ether oxygens (including phenoxy) is 1. The summed E-state index contributed by atoms with van der Waals surface area (Å²) in [4.78, 5) is 17.8. The molecular weight excluding hydrogens is 448 g/mol. The Labute approximate surface area is 194 Å². The van der Waals surface area contributed by atoms with Gasteiger partial charge in [0.15, 0.2) is 11.0 Å². The minimum atomic E-state index is 0.179. The Morgan fingerprint density at radius 1 is 1.29 bits per heavy atom. The van der Waals surface area contributed by atoms with Gasteiger partial charge in [-0.15, -0.1) is 32.9 Å². The van der Waals surface area contributed by atoms with Gasteiger partial charge in [-0.25, -0.2) is 0 Å². The molecule has 31 heavy (non-hydrogen) atoms. The van der Waals surface area contributed by atoms with E-state index in [4.69, 9.17) is 4.74 Å². The number of nitrogens with zero attached hydrogens (tertiary/aromatic N) is 4. The third-order valence-corrected chi connectivity index (χ3v) is 8.81. The van der Waals surface area contributed by atoms with Crippen LogP contribution in [0.4, 0.5) is 0 Å². The van der Waals surface area contributed by atoms with Crippen LogP contribution in [0, 0.1) is 0 Å². The summed E-state index contributed by atoms with van der Waals surface area (Å²) in [5.74, 6) is 1.43. The average Bonchev–Trinajstić information content (AvgIpc) is 3.59. The molecule has 0 N–H and O–H groups in total. The van der Waals surface area contributed by atoms with E-state index in [9.17, 15) is 4.79 Å². The Balaban J connectivity index is 1.32. The molecule has 1 amide bonds. The Bertz CT molecular complexity index is 1020. The van der Waals surface area contributed by atoms with Crippen molar-refractivity contribution in [2.24, 2.45) is 0 Å². The van der Waals surface area contributed by atoms with Crippen LogP contribution in [0.2, 0.25) is 0 Å². The molecule has 1 fully saturated rings. The lowest BCUT2D eigenvalue weighted by molar-refractivity contribution is -0.131. The van der Waals surface area contributed by atoms with Crippen LogP contribution >= 0.6 is 34.4 Å². The zero-order valence-corrected chi connectivity index (χ0v) is 20.0. The summed E-state index contributed by atoms with van der Waals surface area (Å²) in [6.45, 7) is 4.52. The van der Waals surface area contributed by atoms with Crippen LogP contribution in [0.15, 0.2) is 34.1 Å². The monoisotopic (exact) mass is 474 g/mol. The maximum atomic E-state index is 13.2. The molecule has 3 aromatic rings. The second-order valence-corrected chi connectivity index (χ2v) is 10.8. The van der Waals surface area contributed by atoms with Crippen LogP contribution in [0.5, 0.6) is 0 Å². The molecular formula is C22H26N4O2S3. The van der Waals surface area contributed by atoms with Crippen molar-refractivity contribution < 1.29 is 9.53 Å². The van der Waals surface area contributed by atoms with Gasteiger partial charge >= 0.3 is 0 Å². The molecule has 0 radical (unpaired) electrons. The van der Waals surface area contributed by atoms with E-state index in [1.807, 2.05) is 17.4 Å². The van der Waals surface area contributed by atoms with E-state index in [0.717, 1.165) is 61.2 Å². The summed E-state index contributed by atoms with van der Waals surface area (Å²) in [5, 5.41) is 13.9. The smallest absolute Gasteiger partial charge is 0.233 e. The Morgan fingerprint density at radius 3 is 3.00 bits per heavy atom. The molecule has 3 aromatic heterocycles. The molecule has 5 rings (SSSR count). The van der Waals surface area contributed by atoms with E-state index in [1.165, 1.54) is 22.2 Å². The van der Waals surface area contributed by atoms with E-state index in [-0.39, 0.29) is 18.1 Å². The predicted molar refractivity (Wildman–Crippen MR) is 126 cm³/mol. The van der Waals surface area contributed by atoms with Crippen LogP contribution in [-0.4, -0.2) is 50.6 Å². The minimum absolute atomic E-state index is 0.179. The molecule has 0 aromatic carbocycles. The summed E-state index contributed by atoms with van der Waals surface area (Å²) in [6, 6.07) is 6.47. The van der Waals surface area contributed by atoms with E-state index in [2.05, 4.69) is 49.5 Å². The Hall–Kier alpha value is -1.68. The zero-order valence-electron chi connectivity index (χ0n) is 17.5. The van der Waals surface area contributed by atoms with Gasteiger partial charge in [0.1, 0.15) is 0 Å². The van der Waals surface area contributed by atoms with Crippen LogP contribution in [0.3, 0.4) is 0 Å². The van der Waals surface area contributed by atoms with Gasteiger partial charge in [-0.2, -0.15) is 0 Å². The molecule has 2 aliphatic heterocycles. The van der Waals surface area contributed by atoms with E-state index in [0.29, 0.717) is 5.75 Å². The van der Waals surface area contributed by atoms with Gasteiger partial charge in [0.2, 0.25) is 5.91 Å². The van der Waals surface area contributed by atoms with Crippen LogP contribution < -0.4 is 0 Å². The quantitative estimate of drug-likeness (QED) is 0.457. The summed E-state index contributed by atoms with van der Waals surface area (Å²) in [5.41, 5.74) is 1.33. The summed E-state index contributed by atoms with van der Waals surface area (Å²) in [7, 11) is 0. The number of hydrogen-bond donors (Lipinski definition) is 0. The van der Waals surface area contributed by atoms with E-state index in [1.54, 1.807) is 11.3 Å². The lowest BCUT2D eigenvalue weighted by atomic mass is 9.98. The second-order valence-electron chi connectivity index (χ2n) is 7.88. The van der Waals surface area contributed by atoms with Crippen molar-refractivity contribution in [2.45, 2.75) is 56.5 Å². The van der Waals surface area contributed by atoms with Crippen molar-refractivity contribution in [1.82, 2.24) is 19.7 Å². The largest absolute Gasteiger partial charge is 0.376 e. The number of rotatable bonds is 7. The van der Waals surface area contributed by atoms with Crippen molar-refractivity contribution in [1.29, 1.82) is 0 Å². The number of thiophene rings is 2. The predicted octanol–water partition coefficient (Wildman–Crippen LogP) is 4.88. The fourth-order valence-corrected chi connectivity index (χ4v) is 6.96. The van der Waals surface area contributed by atoms with Gasteiger partial charge in [-0.3, -0.25) is 9.36 Å². The molecule has 0 spiro atoms. The molecule has 164 valence electrons. The van der Waals surface area contributed by atoms with Gasteiger partial charge in [-0.1, -0.05) is 24.8 Å². The highest BCUT2D eigenvalue weighted by Gasteiger charge is 2.31. The standard InChI is InChI=1S/C22H26N4O2S3/c1-2-17-16-8-12-30-18(16)7-9-25(17)20(27)14-31-22-24-23-21(19-6-4-11-29-19)26(22)13-15-5-3-10-28-15/h4,6,8,11-12,15,17H,2-3,5,7,9-10,13-14H2,1H3. The van der Waals surface area contributed by atoms with Gasteiger partial charge < -0.3 is 9.64 Å². The highest BCUT2D eigenvalue weighted by atomic mass is 32.2. The third-order valence-electron chi connectivity index (χ3n) is 6.00. The number of fused-ring (bicyclic) bond motifs is 1. The summed E-state index contributed by atoms with van der Waals surface area (Å²) in [6.07, 6.45) is 4.24. The number of hydrogen-bond acceptors (Lipinski definition) is 7. The molecule has 2 aliphatic rings. The van der Waals surface area contributed by atoms with Crippen molar-refractivity contribution in [3.63, 3.8) is 0 Å². The average molecular weight is 475 g/mol. The van der Waals surface area contributed by atoms with Crippen molar-refractivity contribution in [2.75, 3.05) is 18.9 Å². The SMILES string of the molecule is CCC1c2ccsc2CCN1C(=O)CSc1nnc(-c2cccs2)n1CC1CCCO1. The fraction of sp³-hybridized carbons (Fsp3) is 0.500. The van der Waals surface area contributed by atoms with Crippen molar-refractivity contribution in [3.05, 3.63) is 39.4 Å². The number of amides is 1. The minimum Gasteiger partial charge on any atom is -0.376 e. The van der Waals surface area contributed by atoms with Gasteiger partial charge in [-0.05, 0) is 54.1 Å². The highest BCUT2D eigenvalue weighted by Crippen LogP contribution is 2.36. The van der Waals surface area contributed by atoms with Crippen LogP contribution in [0.1, 0.15) is 42.7 Å². The van der Waals surface area contributed by atoms with Crippen LogP contribution in [-0.2, 0) is 22.5 Å². The molecule has 9 heteroatoms. The molecule has 6 nitrogen and oxygen atoms in total. The lowest BCUT2D eigenvalue weighted by Gasteiger charge is -2.35. The van der Waals surface area contributed by atoms with Gasteiger partial charge in [0.05, 0.1) is 29.3 Å². The lowest BCUT2D eigenvalue weighted by Crippen LogP contribution is -2.40. The molecule has 0 saturated carbocycles. The normalized spacial score (nSPS) is 20.9. The molecule has 2 atom stereocenters. The summed E-state index contributed by atoms with van der Waals surface area (Å²) < 4.78 is 8.02. The first-order valence-corrected chi connectivity index (χ1v) is 13.6. The van der Waals surface area contributed by atoms with Crippen LogP contribution in [0.25, 0.3) is 10.7 Å². The van der Waals surface area contributed by atoms with E-state index < -0.39 is 0 Å². The number of aromatic nitrogens is 3. The molecule has 0 aliphatic carbocycles. The zero-order chi connectivity index (χ0) is 21.2. The maximum absolute atomic E-state index is 13.2. The van der Waals surface area contributed by atoms with Gasteiger partial charge in [0, 0.05) is 18.0 Å². The van der Waals surface area contributed by atoms with E-state index >= 15 is 0 Å². The fourth-order valence-electron chi connectivity index (χ4n) is 4.48. The third kappa shape index (κ3) is 4.33. The van der Waals surface area contributed by atoms with Crippen molar-refractivity contribution >= 4 is 40.3 Å². The number of carbonyl (C=O) groups excluding carboxylic acids is 1. The molecule has 1 saturated heterocycles. The Kier molecular flexibility index (Phi) is 6.45. The molecule has 0 bridgehead atoms. The number of thioether (sulfide) groups is 1. The second kappa shape index (κ2) is 9.44. The first-order chi connectivity index (χ1) is 15.2. The van der Waals surface area contributed by atoms with Crippen molar-refractivity contribution in [3.8, 4) is 10.7 Å². The molecule has 2 unspecified atom stereocenters. The summed E-state index contributed by atoms with van der Waals surface area (Å²) >= 11 is 4.97. The highest BCUT2D eigenvalue weighted by molar-refractivity contribution is 7.99.